The van der Waals surface area contributed by atoms with Crippen LogP contribution in [0.15, 0.2) is 89.9 Å². The minimum atomic E-state index is 0. The van der Waals surface area contributed by atoms with Crippen LogP contribution in [-0.2, 0) is 29.9 Å². The van der Waals surface area contributed by atoms with Crippen LogP contribution in [-0.4, -0.2) is 16.4 Å². The molecule has 1 heterocycles. The predicted octanol–water partition coefficient (Wildman–Crippen LogP) is 3.07. The van der Waals surface area contributed by atoms with E-state index in [-0.39, 0.29) is 51.0 Å². The summed E-state index contributed by atoms with van der Waals surface area (Å²) >= 11 is 0. The van der Waals surface area contributed by atoms with E-state index in [1.54, 1.807) is 0 Å². The van der Waals surface area contributed by atoms with E-state index in [4.69, 9.17) is 15.0 Å². The van der Waals surface area contributed by atoms with Gasteiger partial charge < -0.3 is 34.0 Å². The van der Waals surface area contributed by atoms with Crippen LogP contribution in [0.5, 0.6) is 0 Å². The number of nitrogens with zero attached hydrogens (tertiary/aromatic N) is 3. The average molecular weight is 693 g/mol. The van der Waals surface area contributed by atoms with E-state index in [0.29, 0.717) is 11.8 Å². The molecule has 2 aromatic carbocycles. The smallest absolute Gasteiger partial charge is 1.00 e. The maximum absolute atomic E-state index is 5.16. The van der Waals surface area contributed by atoms with E-state index < -0.39 is 0 Å². The van der Waals surface area contributed by atoms with Gasteiger partial charge in [0.1, 0.15) is 0 Å². The largest absolute Gasteiger partial charge is 2.00 e. The second kappa shape index (κ2) is 17.6. The van der Waals surface area contributed by atoms with Crippen LogP contribution in [0.4, 0.5) is 11.4 Å². The van der Waals surface area contributed by atoms with Gasteiger partial charge in [-0.2, -0.15) is 0 Å². The first-order valence-electron chi connectivity index (χ1n) is 12.8. The zero-order valence-corrected chi connectivity index (χ0v) is 28.1. The summed E-state index contributed by atoms with van der Waals surface area (Å²) in [5.74, 6) is 0.732. The molecule has 0 aliphatic rings. The predicted molar refractivity (Wildman–Crippen MR) is 157 cm³/mol. The Morgan fingerprint density at radius 3 is 1.67 bits per heavy atom. The van der Waals surface area contributed by atoms with Gasteiger partial charge in [0, 0.05) is 0 Å². The fourth-order valence-electron chi connectivity index (χ4n) is 4.23. The van der Waals surface area contributed by atoms with Crippen molar-refractivity contribution >= 4 is 22.8 Å². The van der Waals surface area contributed by atoms with Crippen LogP contribution >= 0.6 is 0 Å². The van der Waals surface area contributed by atoms with Gasteiger partial charge in [-0.15, -0.1) is 13.2 Å². The summed E-state index contributed by atoms with van der Waals surface area (Å²) in [7, 11) is 0. The fourth-order valence-corrected chi connectivity index (χ4v) is 4.23. The standard InChI is InChI=1S/C33H39N3.2BrH.Fe/c1-9-12-26-16-18-28(19-17-26)34-24(7)31-14-11-15-32(36-31)25(8)35-33-29(22(3)4)20-27(13-10-2)21-30(33)23(5)6;;;/h9-11,14-23H,1-2,12-13H2,3-8H3;2*1H;/q;;;+2/p-2. The number of pyridine rings is 1. The second-order valence-corrected chi connectivity index (χ2v) is 9.89. The number of allylic oxidation sites excluding steroid dienone is 2. The number of halogens is 2. The van der Waals surface area contributed by atoms with Gasteiger partial charge >= 0.3 is 17.1 Å². The Bertz CT molecular complexity index is 1260. The van der Waals surface area contributed by atoms with E-state index in [9.17, 15) is 0 Å². The van der Waals surface area contributed by atoms with Crippen LogP contribution in [0, 0.1) is 0 Å². The summed E-state index contributed by atoms with van der Waals surface area (Å²) in [6.07, 6.45) is 5.60. The van der Waals surface area contributed by atoms with Crippen molar-refractivity contribution < 1.29 is 51.0 Å². The van der Waals surface area contributed by atoms with E-state index >= 15 is 0 Å². The molecule has 1 aromatic heterocycles. The molecule has 208 valence electrons. The maximum atomic E-state index is 5.16. The molecule has 0 unspecified atom stereocenters. The van der Waals surface area contributed by atoms with Gasteiger partial charge in [-0.3, -0.25) is 9.98 Å². The third-order valence-electron chi connectivity index (χ3n) is 6.24. The number of hydrogen-bond donors (Lipinski definition) is 0. The molecule has 0 spiro atoms. The molecule has 3 aromatic rings. The monoisotopic (exact) mass is 691 g/mol. The van der Waals surface area contributed by atoms with Crippen molar-refractivity contribution in [1.29, 1.82) is 0 Å². The summed E-state index contributed by atoms with van der Waals surface area (Å²) in [6.45, 7) is 20.7. The first kappa shape index (κ1) is 36.9. The Morgan fingerprint density at radius 2 is 1.21 bits per heavy atom. The molecular weight excluding hydrogens is 654 g/mol. The molecule has 0 aliphatic carbocycles. The van der Waals surface area contributed by atoms with Crippen LogP contribution in [0.2, 0.25) is 0 Å². The number of benzene rings is 2. The average Bonchev–Trinajstić information content (AvgIpc) is 2.86. The summed E-state index contributed by atoms with van der Waals surface area (Å²) < 4.78 is 0. The topological polar surface area (TPSA) is 37.6 Å². The number of aliphatic imine (C=N–C) groups is 2. The van der Waals surface area contributed by atoms with Gasteiger partial charge in [0.2, 0.25) is 0 Å². The summed E-state index contributed by atoms with van der Waals surface area (Å²) in [4.78, 5) is 14.9. The quantitative estimate of drug-likeness (QED) is 0.183. The zero-order chi connectivity index (χ0) is 26.2. The normalized spacial score (nSPS) is 11.4. The van der Waals surface area contributed by atoms with Crippen molar-refractivity contribution in [3.8, 4) is 0 Å². The van der Waals surface area contributed by atoms with Gasteiger partial charge in [-0.1, -0.05) is 70.2 Å². The fraction of sp³-hybridized carbons (Fsp3) is 0.303. The van der Waals surface area contributed by atoms with Gasteiger partial charge in [0.15, 0.2) is 0 Å². The number of hydrogen-bond acceptors (Lipinski definition) is 3. The minimum Gasteiger partial charge on any atom is -1.00 e. The molecule has 6 heteroatoms. The molecule has 0 N–H and O–H groups in total. The third-order valence-corrected chi connectivity index (χ3v) is 6.24. The first-order chi connectivity index (χ1) is 17.2. The molecule has 0 aliphatic heterocycles. The molecule has 3 rings (SSSR count). The van der Waals surface area contributed by atoms with E-state index in [0.717, 1.165) is 47.0 Å². The Balaban J connectivity index is 0.00000481. The van der Waals surface area contributed by atoms with E-state index in [2.05, 4.69) is 65.1 Å². The second-order valence-electron chi connectivity index (χ2n) is 9.89. The van der Waals surface area contributed by atoms with Crippen molar-refractivity contribution in [2.24, 2.45) is 9.98 Å². The van der Waals surface area contributed by atoms with Gasteiger partial charge in [0.05, 0.1) is 34.2 Å². The number of rotatable bonds is 10. The minimum absolute atomic E-state index is 0. The van der Waals surface area contributed by atoms with Crippen molar-refractivity contribution in [3.05, 3.63) is 114 Å². The van der Waals surface area contributed by atoms with Crippen LogP contribution in [0.1, 0.15) is 87.0 Å². The molecule has 0 saturated heterocycles. The number of aromatic nitrogens is 1. The summed E-state index contributed by atoms with van der Waals surface area (Å²) in [5.41, 5.74) is 10.5. The SMILES string of the molecule is C=CCc1ccc(N=C(C)c2cccc(C(C)=Nc3c(C(C)C)cc(CC=C)cc3C(C)C)n2)cc1.[Br-].[Br-].[Fe+2]. The Morgan fingerprint density at radius 1 is 0.744 bits per heavy atom. The Kier molecular flexibility index (Phi) is 16.6. The van der Waals surface area contributed by atoms with Gasteiger partial charge in [-0.05, 0) is 85.0 Å². The van der Waals surface area contributed by atoms with Crippen molar-refractivity contribution in [2.75, 3.05) is 0 Å². The molecule has 0 amide bonds. The third kappa shape index (κ3) is 10.1. The van der Waals surface area contributed by atoms with Crippen LogP contribution in [0.25, 0.3) is 0 Å². The van der Waals surface area contributed by atoms with Crippen molar-refractivity contribution in [2.45, 2.75) is 66.2 Å². The maximum Gasteiger partial charge on any atom is 2.00 e. The summed E-state index contributed by atoms with van der Waals surface area (Å²) in [6, 6.07) is 18.9. The van der Waals surface area contributed by atoms with Crippen LogP contribution in [0.3, 0.4) is 0 Å². The molecule has 0 fully saturated rings. The van der Waals surface area contributed by atoms with E-state index in [1.165, 1.54) is 22.3 Å². The molecule has 3 nitrogen and oxygen atoms in total. The van der Waals surface area contributed by atoms with Crippen LogP contribution < -0.4 is 34.0 Å². The molecular formula is C33H39Br2FeN3. The van der Waals surface area contributed by atoms with Gasteiger partial charge in [0.25, 0.3) is 0 Å². The molecule has 0 bridgehead atoms. The Labute approximate surface area is 267 Å². The molecule has 0 saturated carbocycles. The summed E-state index contributed by atoms with van der Waals surface area (Å²) in [5, 5.41) is 0. The molecule has 0 radical (unpaired) electrons. The Hall–Kier alpha value is -2.11. The van der Waals surface area contributed by atoms with Gasteiger partial charge in [-0.25, -0.2) is 4.98 Å². The molecule has 0 atom stereocenters. The van der Waals surface area contributed by atoms with Crippen molar-refractivity contribution in [1.82, 2.24) is 4.98 Å². The molecule has 39 heavy (non-hydrogen) atoms. The van der Waals surface area contributed by atoms with E-state index in [1.807, 2.05) is 56.3 Å². The zero-order valence-electron chi connectivity index (χ0n) is 23.8. The van der Waals surface area contributed by atoms with Crippen molar-refractivity contribution in [3.63, 3.8) is 0 Å². The first-order valence-corrected chi connectivity index (χ1v) is 12.8.